The van der Waals surface area contributed by atoms with Crippen molar-refractivity contribution in [1.29, 1.82) is 0 Å². The summed E-state index contributed by atoms with van der Waals surface area (Å²) in [6, 6.07) is 4.06. The highest BCUT2D eigenvalue weighted by Gasteiger charge is 2.11. The summed E-state index contributed by atoms with van der Waals surface area (Å²) in [6.07, 6.45) is 5.51. The van der Waals surface area contributed by atoms with Crippen LogP contribution in [0.5, 0.6) is 0 Å². The maximum absolute atomic E-state index is 4.62. The van der Waals surface area contributed by atoms with E-state index in [1.807, 2.05) is 44.6 Å². The Morgan fingerprint density at radius 3 is 2.60 bits per heavy atom. The number of pyridine rings is 1. The fourth-order valence-corrected chi connectivity index (χ4v) is 2.04. The van der Waals surface area contributed by atoms with Crippen molar-refractivity contribution >= 4 is 11.8 Å². The van der Waals surface area contributed by atoms with Gasteiger partial charge in [-0.3, -0.25) is 4.98 Å². The number of anilines is 2. The minimum atomic E-state index is 0.682. The quantitative estimate of drug-likeness (QED) is 0.875. The number of hydrogen-bond acceptors (Lipinski definition) is 5. The summed E-state index contributed by atoms with van der Waals surface area (Å²) in [7, 11) is 0. The smallest absolute Gasteiger partial charge is 0.224 e. The average Bonchev–Trinajstić information content (AvgIpc) is 2.48. The van der Waals surface area contributed by atoms with E-state index in [2.05, 4.69) is 32.1 Å². The minimum absolute atomic E-state index is 0.682. The number of hydrogen-bond donors (Lipinski definition) is 1. The monoisotopic (exact) mass is 271 g/mol. The van der Waals surface area contributed by atoms with E-state index in [1.54, 1.807) is 0 Å². The molecule has 2 aromatic heterocycles. The van der Waals surface area contributed by atoms with Crippen molar-refractivity contribution in [3.63, 3.8) is 0 Å². The zero-order valence-corrected chi connectivity index (χ0v) is 12.3. The van der Waals surface area contributed by atoms with Crippen LogP contribution in [0, 0.1) is 6.92 Å². The molecule has 0 saturated heterocycles. The molecule has 20 heavy (non-hydrogen) atoms. The van der Waals surface area contributed by atoms with Crippen LogP contribution in [-0.2, 0) is 6.54 Å². The normalized spacial score (nSPS) is 10.3. The molecule has 0 aromatic carbocycles. The van der Waals surface area contributed by atoms with E-state index in [9.17, 15) is 0 Å². The van der Waals surface area contributed by atoms with E-state index in [4.69, 9.17) is 0 Å². The van der Waals surface area contributed by atoms with Gasteiger partial charge in [-0.2, -0.15) is 4.98 Å². The predicted molar refractivity (Wildman–Crippen MR) is 81.9 cm³/mol. The van der Waals surface area contributed by atoms with Crippen LogP contribution >= 0.6 is 0 Å². The summed E-state index contributed by atoms with van der Waals surface area (Å²) >= 11 is 0. The van der Waals surface area contributed by atoms with Gasteiger partial charge >= 0.3 is 0 Å². The highest BCUT2D eigenvalue weighted by molar-refractivity contribution is 5.49. The lowest BCUT2D eigenvalue weighted by Crippen LogP contribution is -2.24. The SMILES string of the molecule is CCNc1ncc(C)c(N(CC)Cc2ccncc2)n1. The van der Waals surface area contributed by atoms with Crippen LogP contribution in [0.4, 0.5) is 11.8 Å². The molecular formula is C15H21N5. The zero-order valence-electron chi connectivity index (χ0n) is 12.3. The topological polar surface area (TPSA) is 53.9 Å². The first-order valence-electron chi connectivity index (χ1n) is 6.96. The fraction of sp³-hybridized carbons (Fsp3) is 0.400. The second-order valence-electron chi connectivity index (χ2n) is 4.60. The Morgan fingerprint density at radius 2 is 1.95 bits per heavy atom. The largest absolute Gasteiger partial charge is 0.354 e. The molecule has 0 bridgehead atoms. The number of aryl methyl sites for hydroxylation is 1. The Hall–Kier alpha value is -2.17. The lowest BCUT2D eigenvalue weighted by molar-refractivity contribution is 0.803. The van der Waals surface area contributed by atoms with Crippen LogP contribution in [0.3, 0.4) is 0 Å². The molecule has 5 nitrogen and oxygen atoms in total. The third-order valence-corrected chi connectivity index (χ3v) is 3.08. The number of rotatable bonds is 6. The summed E-state index contributed by atoms with van der Waals surface area (Å²) in [6.45, 7) is 8.75. The van der Waals surface area contributed by atoms with Crippen LogP contribution in [0.2, 0.25) is 0 Å². The molecule has 0 aliphatic carbocycles. The van der Waals surface area contributed by atoms with Crippen molar-refractivity contribution < 1.29 is 0 Å². The molecule has 0 unspecified atom stereocenters. The van der Waals surface area contributed by atoms with Gasteiger partial charge in [0.15, 0.2) is 0 Å². The van der Waals surface area contributed by atoms with Crippen molar-refractivity contribution in [2.45, 2.75) is 27.3 Å². The molecule has 2 heterocycles. The van der Waals surface area contributed by atoms with Crippen LogP contribution in [0.25, 0.3) is 0 Å². The lowest BCUT2D eigenvalue weighted by Gasteiger charge is -2.24. The number of nitrogens with one attached hydrogen (secondary N) is 1. The first kappa shape index (κ1) is 14.2. The van der Waals surface area contributed by atoms with Crippen LogP contribution in [0.1, 0.15) is 25.0 Å². The Morgan fingerprint density at radius 1 is 1.20 bits per heavy atom. The number of nitrogens with zero attached hydrogens (tertiary/aromatic N) is 4. The summed E-state index contributed by atoms with van der Waals surface area (Å²) < 4.78 is 0. The van der Waals surface area contributed by atoms with E-state index in [0.717, 1.165) is 31.0 Å². The lowest BCUT2D eigenvalue weighted by atomic mass is 10.2. The summed E-state index contributed by atoms with van der Waals surface area (Å²) in [4.78, 5) is 15.2. The Kier molecular flexibility index (Phi) is 4.87. The van der Waals surface area contributed by atoms with Gasteiger partial charge in [0.2, 0.25) is 5.95 Å². The molecule has 0 saturated carbocycles. The first-order chi connectivity index (χ1) is 9.74. The predicted octanol–water partition coefficient (Wildman–Crippen LogP) is 2.64. The van der Waals surface area contributed by atoms with Crippen molar-refractivity contribution in [1.82, 2.24) is 15.0 Å². The molecule has 0 aliphatic heterocycles. The summed E-state index contributed by atoms with van der Waals surface area (Å²) in [5, 5.41) is 3.16. The van der Waals surface area contributed by atoms with Crippen molar-refractivity contribution in [2.24, 2.45) is 0 Å². The first-order valence-corrected chi connectivity index (χ1v) is 6.96. The summed E-state index contributed by atoms with van der Waals surface area (Å²) in [5.41, 5.74) is 2.31. The van der Waals surface area contributed by atoms with E-state index in [0.29, 0.717) is 5.95 Å². The van der Waals surface area contributed by atoms with Crippen LogP contribution in [-0.4, -0.2) is 28.0 Å². The Balaban J connectivity index is 2.24. The molecule has 0 radical (unpaired) electrons. The van der Waals surface area contributed by atoms with Crippen LogP contribution in [0.15, 0.2) is 30.7 Å². The van der Waals surface area contributed by atoms with Gasteiger partial charge in [0.25, 0.3) is 0 Å². The molecule has 0 atom stereocenters. The maximum Gasteiger partial charge on any atom is 0.224 e. The van der Waals surface area contributed by atoms with Gasteiger partial charge in [-0.1, -0.05) is 0 Å². The van der Waals surface area contributed by atoms with Gasteiger partial charge in [0, 0.05) is 43.8 Å². The van der Waals surface area contributed by atoms with E-state index in [-0.39, 0.29) is 0 Å². The second kappa shape index (κ2) is 6.84. The molecule has 1 N–H and O–H groups in total. The third-order valence-electron chi connectivity index (χ3n) is 3.08. The van der Waals surface area contributed by atoms with Gasteiger partial charge in [-0.05, 0) is 38.5 Å². The van der Waals surface area contributed by atoms with Crippen molar-refractivity contribution in [3.05, 3.63) is 41.9 Å². The second-order valence-corrected chi connectivity index (χ2v) is 4.60. The molecule has 2 aromatic rings. The van der Waals surface area contributed by atoms with E-state index in [1.165, 1.54) is 5.56 Å². The molecule has 0 amide bonds. The van der Waals surface area contributed by atoms with Gasteiger partial charge in [-0.15, -0.1) is 0 Å². The Labute approximate surface area is 120 Å². The molecule has 0 aliphatic rings. The van der Waals surface area contributed by atoms with Crippen molar-refractivity contribution in [3.8, 4) is 0 Å². The Bertz CT molecular complexity index is 541. The molecule has 5 heteroatoms. The standard InChI is InChI=1S/C15H21N5/c1-4-17-15-18-10-12(3)14(19-15)20(5-2)11-13-6-8-16-9-7-13/h6-10H,4-5,11H2,1-3H3,(H,17,18,19). The van der Waals surface area contributed by atoms with E-state index < -0.39 is 0 Å². The highest BCUT2D eigenvalue weighted by Crippen LogP contribution is 2.20. The molecule has 106 valence electrons. The van der Waals surface area contributed by atoms with Gasteiger partial charge in [0.05, 0.1) is 0 Å². The summed E-state index contributed by atoms with van der Waals surface area (Å²) in [5.74, 6) is 1.66. The van der Waals surface area contributed by atoms with Gasteiger partial charge in [0.1, 0.15) is 5.82 Å². The minimum Gasteiger partial charge on any atom is -0.354 e. The molecule has 2 rings (SSSR count). The average molecular weight is 271 g/mol. The molecular weight excluding hydrogens is 250 g/mol. The third kappa shape index (κ3) is 3.44. The van der Waals surface area contributed by atoms with E-state index >= 15 is 0 Å². The number of aromatic nitrogens is 3. The van der Waals surface area contributed by atoms with Gasteiger partial charge < -0.3 is 10.2 Å². The highest BCUT2D eigenvalue weighted by atomic mass is 15.2. The van der Waals surface area contributed by atoms with Crippen molar-refractivity contribution in [2.75, 3.05) is 23.3 Å². The van der Waals surface area contributed by atoms with Crippen LogP contribution < -0.4 is 10.2 Å². The molecule has 0 fully saturated rings. The zero-order chi connectivity index (χ0) is 14.4. The maximum atomic E-state index is 4.62. The molecule has 0 spiro atoms. The fourth-order valence-electron chi connectivity index (χ4n) is 2.04. The van der Waals surface area contributed by atoms with Gasteiger partial charge in [-0.25, -0.2) is 4.98 Å².